The Hall–Kier alpha value is -3.92. The van der Waals surface area contributed by atoms with E-state index in [1.165, 1.54) is 0 Å². The minimum Gasteiger partial charge on any atom is -0.480 e. The van der Waals surface area contributed by atoms with Gasteiger partial charge in [-0.3, -0.25) is 4.79 Å². The number of rotatable bonds is 13. The Balaban J connectivity index is 2.31. The maximum Gasteiger partial charge on any atom is 0.420 e. The minimum absolute atomic E-state index is 0.0499. The molecule has 2 rings (SSSR count). The van der Waals surface area contributed by atoms with E-state index in [9.17, 15) is 24.3 Å². The van der Waals surface area contributed by atoms with Crippen LogP contribution in [0.15, 0.2) is 60.7 Å². The third-order valence-electron chi connectivity index (χ3n) is 5.58. The molecule has 0 unspecified atom stereocenters. The molecule has 0 aliphatic rings. The van der Waals surface area contributed by atoms with Crippen molar-refractivity contribution in [3.8, 4) is 0 Å². The van der Waals surface area contributed by atoms with Crippen molar-refractivity contribution < 1.29 is 33.8 Å². The summed E-state index contributed by atoms with van der Waals surface area (Å²) >= 11 is 0. The van der Waals surface area contributed by atoms with Gasteiger partial charge in [0.15, 0.2) is 0 Å². The van der Waals surface area contributed by atoms with Crippen LogP contribution in [0.25, 0.3) is 0 Å². The van der Waals surface area contributed by atoms with Gasteiger partial charge in [0.05, 0.1) is 0 Å². The summed E-state index contributed by atoms with van der Waals surface area (Å²) < 4.78 is 10.7. The lowest BCUT2D eigenvalue weighted by atomic mass is 10.0. The molecule has 0 saturated carbocycles. The van der Waals surface area contributed by atoms with E-state index < -0.39 is 42.1 Å². The second-order valence-electron chi connectivity index (χ2n) is 8.82. The van der Waals surface area contributed by atoms with Crippen molar-refractivity contribution in [1.29, 1.82) is 0 Å². The van der Waals surface area contributed by atoms with Crippen LogP contribution >= 0.6 is 0 Å². The number of nitrogens with one attached hydrogen (secondary N) is 1. The summed E-state index contributed by atoms with van der Waals surface area (Å²) in [5.41, 5.74) is 6.96. The predicted octanol–water partition coefficient (Wildman–Crippen LogP) is 3.69. The maximum absolute atomic E-state index is 13.3. The minimum atomic E-state index is -1.36. The first-order chi connectivity index (χ1) is 17.7. The number of carbonyl (C=O) groups excluding carboxylic acids is 3. The quantitative estimate of drug-likeness (QED) is 0.344. The monoisotopic (exact) mass is 513 g/mol. The van der Waals surface area contributed by atoms with E-state index in [1.54, 1.807) is 62.4 Å². The molecule has 0 aliphatic carbocycles. The zero-order chi connectivity index (χ0) is 27.2. The summed E-state index contributed by atoms with van der Waals surface area (Å²) in [5.74, 6) is -2.46. The summed E-state index contributed by atoms with van der Waals surface area (Å²) in [5, 5.41) is 12.0. The topological polar surface area (TPSA) is 148 Å². The van der Waals surface area contributed by atoms with E-state index >= 15 is 0 Å². The van der Waals surface area contributed by atoms with Gasteiger partial charge in [0, 0.05) is 0 Å². The van der Waals surface area contributed by atoms with Crippen LogP contribution < -0.4 is 11.1 Å². The molecule has 0 fully saturated rings. The molecular formula is C27H35N3O7. The van der Waals surface area contributed by atoms with E-state index in [2.05, 4.69) is 5.32 Å². The number of carboxylic acid groups (broad SMARTS) is 1. The van der Waals surface area contributed by atoms with Crippen molar-refractivity contribution in [2.75, 3.05) is 6.54 Å². The molecule has 0 aliphatic heterocycles. The average molecular weight is 514 g/mol. The van der Waals surface area contributed by atoms with E-state index in [1.807, 2.05) is 12.1 Å². The molecule has 10 heteroatoms. The summed E-state index contributed by atoms with van der Waals surface area (Å²) in [6.07, 6.45) is -1.17. The SMILES string of the molecule is CC(C)[C@H](NC(=O)[C@@H](CCCCN)N(C(=O)OCc1ccccc1)C(=O)OCc1ccccc1)C(=O)O. The fourth-order valence-corrected chi connectivity index (χ4v) is 3.53. The highest BCUT2D eigenvalue weighted by atomic mass is 16.6. The molecule has 0 heterocycles. The Morgan fingerprint density at radius 1 is 0.865 bits per heavy atom. The summed E-state index contributed by atoms with van der Waals surface area (Å²) in [7, 11) is 0. The van der Waals surface area contributed by atoms with Crippen molar-refractivity contribution in [2.24, 2.45) is 11.7 Å². The van der Waals surface area contributed by atoms with Crippen molar-refractivity contribution in [1.82, 2.24) is 10.2 Å². The number of carbonyl (C=O) groups is 4. The van der Waals surface area contributed by atoms with E-state index in [0.29, 0.717) is 35.4 Å². The van der Waals surface area contributed by atoms with Crippen molar-refractivity contribution >= 4 is 24.1 Å². The first-order valence-electron chi connectivity index (χ1n) is 12.2. The summed E-state index contributed by atoms with van der Waals surface area (Å²) in [6.45, 7) is 3.35. The van der Waals surface area contributed by atoms with Gasteiger partial charge in [-0.1, -0.05) is 74.5 Å². The number of aliphatic carboxylic acids is 1. The van der Waals surface area contributed by atoms with Crippen LogP contribution in [0.2, 0.25) is 0 Å². The maximum atomic E-state index is 13.3. The predicted molar refractivity (Wildman–Crippen MR) is 136 cm³/mol. The van der Waals surface area contributed by atoms with E-state index in [4.69, 9.17) is 15.2 Å². The number of carboxylic acids is 1. The van der Waals surface area contributed by atoms with E-state index in [0.717, 1.165) is 0 Å². The smallest absolute Gasteiger partial charge is 0.420 e. The number of amides is 3. The number of nitrogens with two attached hydrogens (primary N) is 1. The molecule has 0 bridgehead atoms. The fraction of sp³-hybridized carbons (Fsp3) is 0.407. The van der Waals surface area contributed by atoms with Crippen molar-refractivity contribution in [2.45, 2.75) is 58.4 Å². The molecule has 0 spiro atoms. The van der Waals surface area contributed by atoms with Crippen LogP contribution in [0.3, 0.4) is 0 Å². The van der Waals surface area contributed by atoms with E-state index in [-0.39, 0.29) is 19.6 Å². The Kier molecular flexibility index (Phi) is 12.1. The van der Waals surface area contributed by atoms with Gasteiger partial charge in [0.25, 0.3) is 0 Å². The highest BCUT2D eigenvalue weighted by molar-refractivity contribution is 5.96. The third-order valence-corrected chi connectivity index (χ3v) is 5.58. The summed E-state index contributed by atoms with van der Waals surface area (Å²) in [4.78, 5) is 52.0. The fourth-order valence-electron chi connectivity index (χ4n) is 3.53. The highest BCUT2D eigenvalue weighted by Crippen LogP contribution is 2.17. The van der Waals surface area contributed by atoms with Crippen molar-refractivity contribution in [3.63, 3.8) is 0 Å². The van der Waals surface area contributed by atoms with Crippen LogP contribution in [0.4, 0.5) is 9.59 Å². The molecule has 4 N–H and O–H groups in total. The number of hydrogen-bond donors (Lipinski definition) is 3. The third kappa shape index (κ3) is 9.57. The van der Waals surface area contributed by atoms with Crippen LogP contribution in [0, 0.1) is 5.92 Å². The first kappa shape index (κ1) is 29.3. The number of ether oxygens (including phenoxy) is 2. The Morgan fingerprint density at radius 3 is 1.76 bits per heavy atom. The Morgan fingerprint density at radius 2 is 1.35 bits per heavy atom. The molecule has 10 nitrogen and oxygen atoms in total. The van der Waals surface area contributed by atoms with Crippen LogP contribution in [-0.4, -0.2) is 52.7 Å². The molecule has 2 aromatic rings. The standard InChI is InChI=1S/C27H35N3O7/c1-19(2)23(25(32)33)29-24(31)22(15-9-10-16-28)30(26(34)36-17-20-11-5-3-6-12-20)27(35)37-18-21-13-7-4-8-14-21/h3-8,11-14,19,22-23H,9-10,15-18,28H2,1-2H3,(H,29,31)(H,32,33)/t22-,23+/m1/s1. The molecule has 2 aromatic carbocycles. The lowest BCUT2D eigenvalue weighted by molar-refractivity contribution is -0.143. The summed E-state index contributed by atoms with van der Waals surface area (Å²) in [6, 6.07) is 15.1. The van der Waals surface area contributed by atoms with Gasteiger partial charge < -0.3 is 25.6 Å². The molecular weight excluding hydrogens is 478 g/mol. The molecule has 200 valence electrons. The van der Waals surface area contributed by atoms with Gasteiger partial charge in [0.2, 0.25) is 5.91 Å². The zero-order valence-electron chi connectivity index (χ0n) is 21.2. The lowest BCUT2D eigenvalue weighted by Crippen LogP contribution is -2.56. The average Bonchev–Trinajstić information content (AvgIpc) is 2.89. The molecule has 2 atom stereocenters. The first-order valence-corrected chi connectivity index (χ1v) is 12.2. The van der Waals surface area contributed by atoms with Gasteiger partial charge >= 0.3 is 18.2 Å². The van der Waals surface area contributed by atoms with Crippen LogP contribution in [0.5, 0.6) is 0 Å². The largest absolute Gasteiger partial charge is 0.480 e. The number of nitrogens with zero attached hydrogens (tertiary/aromatic N) is 1. The number of hydrogen-bond acceptors (Lipinski definition) is 7. The molecule has 3 amide bonds. The molecule has 0 radical (unpaired) electrons. The molecule has 0 aromatic heterocycles. The van der Waals surface area contributed by atoms with Gasteiger partial charge in [-0.15, -0.1) is 0 Å². The number of benzene rings is 2. The van der Waals surface area contributed by atoms with Crippen LogP contribution in [-0.2, 0) is 32.3 Å². The van der Waals surface area contributed by atoms with Crippen molar-refractivity contribution in [3.05, 3.63) is 71.8 Å². The number of unbranched alkanes of at least 4 members (excludes halogenated alkanes) is 1. The zero-order valence-corrected chi connectivity index (χ0v) is 21.2. The highest BCUT2D eigenvalue weighted by Gasteiger charge is 2.39. The normalized spacial score (nSPS) is 12.3. The number of imide groups is 1. The second-order valence-corrected chi connectivity index (χ2v) is 8.82. The Labute approximate surface area is 216 Å². The van der Waals surface area contributed by atoms with Gasteiger partial charge in [-0.2, -0.15) is 4.90 Å². The van der Waals surface area contributed by atoms with Gasteiger partial charge in [0.1, 0.15) is 25.3 Å². The van der Waals surface area contributed by atoms with Crippen LogP contribution in [0.1, 0.15) is 44.2 Å². The molecule has 37 heavy (non-hydrogen) atoms. The molecule has 0 saturated heterocycles. The Bertz CT molecular complexity index is 960. The lowest BCUT2D eigenvalue weighted by Gasteiger charge is -2.29. The van der Waals surface area contributed by atoms with Gasteiger partial charge in [-0.05, 0) is 42.9 Å². The second kappa shape index (κ2) is 15.2. The van der Waals surface area contributed by atoms with Gasteiger partial charge in [-0.25, -0.2) is 14.4 Å².